The Morgan fingerprint density at radius 2 is 1.91 bits per heavy atom. The van der Waals surface area contributed by atoms with Gasteiger partial charge in [0.05, 0.1) is 17.6 Å². The van der Waals surface area contributed by atoms with Gasteiger partial charge in [-0.05, 0) is 42.2 Å². The summed E-state index contributed by atoms with van der Waals surface area (Å²) in [5, 5.41) is 9.34. The van der Waals surface area contributed by atoms with Crippen LogP contribution in [0.3, 0.4) is 0 Å². The van der Waals surface area contributed by atoms with Crippen LogP contribution in [0.1, 0.15) is 31.7 Å². The van der Waals surface area contributed by atoms with E-state index in [2.05, 4.69) is 23.8 Å². The number of hydrogen-bond acceptors (Lipinski definition) is 3. The van der Waals surface area contributed by atoms with E-state index < -0.39 is 0 Å². The van der Waals surface area contributed by atoms with Gasteiger partial charge in [-0.25, -0.2) is 4.98 Å². The van der Waals surface area contributed by atoms with Crippen molar-refractivity contribution in [3.63, 3.8) is 0 Å². The molecule has 0 radical (unpaired) electrons. The van der Waals surface area contributed by atoms with E-state index in [4.69, 9.17) is 4.74 Å². The Balaban J connectivity index is 1.72. The van der Waals surface area contributed by atoms with Crippen LogP contribution in [0.25, 0.3) is 11.0 Å². The van der Waals surface area contributed by atoms with Gasteiger partial charge >= 0.3 is 0 Å². The lowest BCUT2D eigenvalue weighted by Gasteiger charge is -2.07. The van der Waals surface area contributed by atoms with Crippen molar-refractivity contribution in [3.8, 4) is 11.5 Å². The van der Waals surface area contributed by atoms with Gasteiger partial charge < -0.3 is 14.8 Å². The normalized spacial score (nSPS) is 11.3. The zero-order valence-corrected chi connectivity index (χ0v) is 13.5. The highest BCUT2D eigenvalue weighted by Gasteiger charge is 2.06. The SMILES string of the molecule is CC(C)CCOc1ccc2nc(Cc3ccc(O)cc3)[nH]c2c1. The molecular weight excluding hydrogens is 288 g/mol. The monoisotopic (exact) mass is 310 g/mol. The van der Waals surface area contributed by atoms with E-state index in [1.165, 1.54) is 0 Å². The predicted octanol–water partition coefficient (Wildman–Crippen LogP) is 4.28. The molecule has 0 aliphatic heterocycles. The van der Waals surface area contributed by atoms with Crippen LogP contribution in [0.4, 0.5) is 0 Å². The second kappa shape index (κ2) is 6.73. The number of aromatic amines is 1. The van der Waals surface area contributed by atoms with Gasteiger partial charge in [-0.2, -0.15) is 0 Å². The lowest BCUT2D eigenvalue weighted by atomic mass is 10.1. The number of aromatic nitrogens is 2. The number of nitrogens with one attached hydrogen (secondary N) is 1. The highest BCUT2D eigenvalue weighted by molar-refractivity contribution is 5.76. The summed E-state index contributed by atoms with van der Waals surface area (Å²) in [6, 6.07) is 13.1. The third-order valence-electron chi connectivity index (χ3n) is 3.77. The van der Waals surface area contributed by atoms with Gasteiger partial charge in [0.25, 0.3) is 0 Å². The van der Waals surface area contributed by atoms with Crippen LogP contribution in [0.2, 0.25) is 0 Å². The summed E-state index contributed by atoms with van der Waals surface area (Å²) < 4.78 is 5.79. The van der Waals surface area contributed by atoms with E-state index in [1.807, 2.05) is 30.3 Å². The van der Waals surface area contributed by atoms with Crippen LogP contribution < -0.4 is 4.74 Å². The van der Waals surface area contributed by atoms with Crippen molar-refractivity contribution in [1.29, 1.82) is 0 Å². The number of nitrogens with zero attached hydrogens (tertiary/aromatic N) is 1. The molecule has 0 aliphatic rings. The predicted molar refractivity (Wildman–Crippen MR) is 92.0 cm³/mol. The van der Waals surface area contributed by atoms with Gasteiger partial charge in [-0.3, -0.25) is 0 Å². The van der Waals surface area contributed by atoms with Crippen LogP contribution in [-0.2, 0) is 6.42 Å². The maximum atomic E-state index is 9.34. The van der Waals surface area contributed by atoms with Crippen molar-refractivity contribution in [1.82, 2.24) is 9.97 Å². The fourth-order valence-corrected chi connectivity index (χ4v) is 2.43. The highest BCUT2D eigenvalue weighted by atomic mass is 16.5. The molecule has 3 aromatic rings. The molecule has 0 amide bonds. The van der Waals surface area contributed by atoms with Crippen molar-refractivity contribution in [3.05, 3.63) is 53.9 Å². The number of rotatable bonds is 6. The molecule has 0 spiro atoms. The lowest BCUT2D eigenvalue weighted by molar-refractivity contribution is 0.290. The maximum Gasteiger partial charge on any atom is 0.121 e. The third-order valence-corrected chi connectivity index (χ3v) is 3.77. The number of aromatic hydroxyl groups is 1. The van der Waals surface area contributed by atoms with Gasteiger partial charge in [0.1, 0.15) is 17.3 Å². The van der Waals surface area contributed by atoms with Crippen LogP contribution >= 0.6 is 0 Å². The van der Waals surface area contributed by atoms with E-state index >= 15 is 0 Å². The topological polar surface area (TPSA) is 58.1 Å². The zero-order chi connectivity index (χ0) is 16.2. The van der Waals surface area contributed by atoms with Gasteiger partial charge in [0.2, 0.25) is 0 Å². The molecule has 2 N–H and O–H groups in total. The molecule has 23 heavy (non-hydrogen) atoms. The summed E-state index contributed by atoms with van der Waals surface area (Å²) in [6.07, 6.45) is 1.76. The number of phenolic OH excluding ortho intramolecular Hbond substituents is 1. The molecule has 120 valence electrons. The molecule has 0 fully saturated rings. The maximum absolute atomic E-state index is 9.34. The number of phenols is 1. The molecule has 0 unspecified atom stereocenters. The molecule has 1 aromatic heterocycles. The number of ether oxygens (including phenoxy) is 1. The second-order valence-electron chi connectivity index (χ2n) is 6.24. The van der Waals surface area contributed by atoms with E-state index in [1.54, 1.807) is 12.1 Å². The van der Waals surface area contributed by atoms with E-state index in [9.17, 15) is 5.11 Å². The third kappa shape index (κ3) is 4.03. The average molecular weight is 310 g/mol. The van der Waals surface area contributed by atoms with Crippen molar-refractivity contribution in [2.75, 3.05) is 6.61 Å². The first-order chi connectivity index (χ1) is 11.1. The summed E-state index contributed by atoms with van der Waals surface area (Å²) in [6.45, 7) is 5.12. The van der Waals surface area contributed by atoms with E-state index in [0.29, 0.717) is 12.3 Å². The Kier molecular flexibility index (Phi) is 4.51. The number of fused-ring (bicyclic) bond motifs is 1. The summed E-state index contributed by atoms with van der Waals surface area (Å²) in [7, 11) is 0. The molecule has 0 saturated heterocycles. The minimum atomic E-state index is 0.279. The molecule has 3 rings (SSSR count). The molecule has 4 heteroatoms. The number of imidazole rings is 1. The van der Waals surface area contributed by atoms with E-state index in [0.717, 1.165) is 41.2 Å². The Bertz CT molecular complexity index is 776. The first-order valence-corrected chi connectivity index (χ1v) is 7.99. The molecule has 0 bridgehead atoms. The Morgan fingerprint density at radius 1 is 1.13 bits per heavy atom. The number of benzene rings is 2. The molecule has 0 saturated carbocycles. The standard InChI is InChI=1S/C19H22N2O2/c1-13(2)9-10-23-16-7-8-17-18(12-16)21-19(20-17)11-14-3-5-15(22)6-4-14/h3-8,12-13,22H,9-11H2,1-2H3,(H,20,21). The molecule has 4 nitrogen and oxygen atoms in total. The smallest absolute Gasteiger partial charge is 0.121 e. The van der Waals surface area contributed by atoms with Gasteiger partial charge in [0.15, 0.2) is 0 Å². The first-order valence-electron chi connectivity index (χ1n) is 7.99. The van der Waals surface area contributed by atoms with Crippen molar-refractivity contribution in [2.45, 2.75) is 26.7 Å². The minimum Gasteiger partial charge on any atom is -0.508 e. The zero-order valence-electron chi connectivity index (χ0n) is 13.5. The molecule has 2 aromatic carbocycles. The fraction of sp³-hybridized carbons (Fsp3) is 0.316. The second-order valence-corrected chi connectivity index (χ2v) is 6.24. The van der Waals surface area contributed by atoms with Crippen LogP contribution in [0, 0.1) is 5.92 Å². The molecule has 1 heterocycles. The van der Waals surface area contributed by atoms with Gasteiger partial charge in [-0.15, -0.1) is 0 Å². The molecular formula is C19H22N2O2. The quantitative estimate of drug-likeness (QED) is 0.714. The van der Waals surface area contributed by atoms with Crippen molar-refractivity contribution in [2.24, 2.45) is 5.92 Å². The van der Waals surface area contributed by atoms with Gasteiger partial charge in [-0.1, -0.05) is 26.0 Å². The number of hydrogen-bond donors (Lipinski definition) is 2. The first kappa shape index (κ1) is 15.4. The van der Waals surface area contributed by atoms with E-state index in [-0.39, 0.29) is 5.75 Å². The van der Waals surface area contributed by atoms with Crippen LogP contribution in [0.15, 0.2) is 42.5 Å². The van der Waals surface area contributed by atoms with Crippen LogP contribution in [0.5, 0.6) is 11.5 Å². The number of H-pyrrole nitrogens is 1. The molecule has 0 aliphatic carbocycles. The Morgan fingerprint density at radius 3 is 2.65 bits per heavy atom. The summed E-state index contributed by atoms with van der Waals surface area (Å²) in [5.74, 6) is 2.70. The fourth-order valence-electron chi connectivity index (χ4n) is 2.43. The minimum absolute atomic E-state index is 0.279. The summed E-state index contributed by atoms with van der Waals surface area (Å²) in [5.41, 5.74) is 3.03. The largest absolute Gasteiger partial charge is 0.508 e. The van der Waals surface area contributed by atoms with Crippen LogP contribution in [-0.4, -0.2) is 21.7 Å². The lowest BCUT2D eigenvalue weighted by Crippen LogP contribution is -2.01. The van der Waals surface area contributed by atoms with Crippen molar-refractivity contribution < 1.29 is 9.84 Å². The Hall–Kier alpha value is -2.49. The van der Waals surface area contributed by atoms with Gasteiger partial charge in [0, 0.05) is 12.5 Å². The highest BCUT2D eigenvalue weighted by Crippen LogP contribution is 2.21. The van der Waals surface area contributed by atoms with Crippen molar-refractivity contribution >= 4 is 11.0 Å². The molecule has 0 atom stereocenters. The Labute approximate surface area is 136 Å². The summed E-state index contributed by atoms with van der Waals surface area (Å²) >= 11 is 0. The summed E-state index contributed by atoms with van der Waals surface area (Å²) in [4.78, 5) is 7.95. The average Bonchev–Trinajstić information content (AvgIpc) is 2.91.